The van der Waals surface area contributed by atoms with Crippen LogP contribution in [0.3, 0.4) is 0 Å². The second kappa shape index (κ2) is 6.23. The molecule has 0 spiro atoms. The van der Waals surface area contributed by atoms with E-state index in [1.165, 1.54) is 37.8 Å². The quantitative estimate of drug-likeness (QED) is 0.777. The lowest BCUT2D eigenvalue weighted by Gasteiger charge is -2.19. The molecule has 5 nitrogen and oxygen atoms in total. The van der Waals surface area contributed by atoms with Crippen molar-refractivity contribution in [1.29, 1.82) is 0 Å². The maximum Gasteiger partial charge on any atom is 0.213 e. The standard InChI is InChI=1S/C19H22N4O/c1-12-8-18(24-2)20-10-14(12)17-11-21-19-16(22-17)9-15(23-19)13-6-4-3-5-7-13/h8-11,13H,3-7H2,1-2H3,(H,21,23). The number of fused-ring (bicyclic) bond motifs is 1. The third-order valence-electron chi connectivity index (χ3n) is 4.97. The first kappa shape index (κ1) is 15.1. The van der Waals surface area contributed by atoms with Crippen LogP contribution in [0.5, 0.6) is 5.88 Å². The van der Waals surface area contributed by atoms with Gasteiger partial charge in [-0.25, -0.2) is 15.0 Å². The predicted octanol–water partition coefficient (Wildman–Crippen LogP) is 4.38. The highest BCUT2D eigenvalue weighted by molar-refractivity contribution is 5.76. The number of rotatable bonds is 3. The Balaban J connectivity index is 1.70. The zero-order valence-electron chi connectivity index (χ0n) is 14.2. The number of H-pyrrole nitrogens is 1. The number of aromatic nitrogens is 4. The maximum atomic E-state index is 5.17. The number of methoxy groups -OCH3 is 1. The smallest absolute Gasteiger partial charge is 0.213 e. The Morgan fingerprint density at radius 3 is 2.67 bits per heavy atom. The third-order valence-corrected chi connectivity index (χ3v) is 4.97. The minimum absolute atomic E-state index is 0.617. The molecule has 0 amide bonds. The normalized spacial score (nSPS) is 15.8. The summed E-state index contributed by atoms with van der Waals surface area (Å²) >= 11 is 0. The molecule has 0 radical (unpaired) electrons. The molecular weight excluding hydrogens is 300 g/mol. The SMILES string of the molecule is COc1cc(C)c(-c2cnc3[nH]c(C4CCCCC4)cc3n2)cn1. The highest BCUT2D eigenvalue weighted by Gasteiger charge is 2.18. The fraction of sp³-hybridized carbons (Fsp3) is 0.421. The van der Waals surface area contributed by atoms with E-state index in [0.717, 1.165) is 28.0 Å². The number of aryl methyl sites for hydroxylation is 1. The molecule has 1 N–H and O–H groups in total. The summed E-state index contributed by atoms with van der Waals surface area (Å²) in [6.07, 6.45) is 10.2. The molecule has 0 unspecified atom stereocenters. The van der Waals surface area contributed by atoms with Gasteiger partial charge < -0.3 is 9.72 Å². The number of hydrogen-bond acceptors (Lipinski definition) is 4. The van der Waals surface area contributed by atoms with Gasteiger partial charge in [0, 0.05) is 23.5 Å². The van der Waals surface area contributed by atoms with Crippen molar-refractivity contribution in [2.45, 2.75) is 44.9 Å². The Morgan fingerprint density at radius 1 is 1.08 bits per heavy atom. The van der Waals surface area contributed by atoms with Crippen molar-refractivity contribution in [2.24, 2.45) is 0 Å². The van der Waals surface area contributed by atoms with Crippen LogP contribution < -0.4 is 4.74 Å². The lowest BCUT2D eigenvalue weighted by Crippen LogP contribution is -2.04. The summed E-state index contributed by atoms with van der Waals surface area (Å²) in [5, 5.41) is 0. The molecule has 1 aliphatic rings. The monoisotopic (exact) mass is 322 g/mol. The minimum Gasteiger partial charge on any atom is -0.481 e. The molecule has 0 bridgehead atoms. The molecular formula is C19H22N4O. The van der Waals surface area contributed by atoms with Gasteiger partial charge in [-0.05, 0) is 37.3 Å². The van der Waals surface area contributed by atoms with Gasteiger partial charge >= 0.3 is 0 Å². The first-order valence-corrected chi connectivity index (χ1v) is 8.61. The van der Waals surface area contributed by atoms with Crippen LogP contribution in [0.4, 0.5) is 0 Å². The van der Waals surface area contributed by atoms with Gasteiger partial charge in [0.25, 0.3) is 0 Å². The Morgan fingerprint density at radius 2 is 1.92 bits per heavy atom. The largest absolute Gasteiger partial charge is 0.481 e. The summed E-state index contributed by atoms with van der Waals surface area (Å²) in [4.78, 5) is 17.1. The second-order valence-electron chi connectivity index (χ2n) is 6.59. The highest BCUT2D eigenvalue weighted by Crippen LogP contribution is 2.33. The van der Waals surface area contributed by atoms with Gasteiger partial charge in [0.2, 0.25) is 5.88 Å². The Hall–Kier alpha value is -2.43. The molecule has 5 heteroatoms. The third kappa shape index (κ3) is 2.75. The molecule has 124 valence electrons. The fourth-order valence-corrected chi connectivity index (χ4v) is 3.59. The van der Waals surface area contributed by atoms with E-state index in [4.69, 9.17) is 9.72 Å². The summed E-state index contributed by atoms with van der Waals surface area (Å²) in [6, 6.07) is 4.10. The number of nitrogens with zero attached hydrogens (tertiary/aromatic N) is 3. The van der Waals surface area contributed by atoms with Crippen LogP contribution in [0.2, 0.25) is 0 Å². The second-order valence-corrected chi connectivity index (χ2v) is 6.59. The number of hydrogen-bond donors (Lipinski definition) is 1. The van der Waals surface area contributed by atoms with E-state index in [9.17, 15) is 0 Å². The first-order chi connectivity index (χ1) is 11.7. The number of nitrogens with one attached hydrogen (secondary N) is 1. The van der Waals surface area contributed by atoms with E-state index < -0.39 is 0 Å². The number of pyridine rings is 1. The summed E-state index contributed by atoms with van der Waals surface area (Å²) in [5.74, 6) is 1.24. The van der Waals surface area contributed by atoms with E-state index in [0.29, 0.717) is 11.8 Å². The van der Waals surface area contributed by atoms with Crippen molar-refractivity contribution >= 4 is 11.2 Å². The summed E-state index contributed by atoms with van der Waals surface area (Å²) < 4.78 is 5.17. The molecule has 1 aliphatic carbocycles. The summed E-state index contributed by atoms with van der Waals surface area (Å²) in [6.45, 7) is 2.04. The van der Waals surface area contributed by atoms with Crippen LogP contribution in [0.1, 0.15) is 49.3 Å². The van der Waals surface area contributed by atoms with Crippen molar-refractivity contribution in [1.82, 2.24) is 19.9 Å². The van der Waals surface area contributed by atoms with Gasteiger partial charge in [-0.1, -0.05) is 19.3 Å². The highest BCUT2D eigenvalue weighted by atomic mass is 16.5. The maximum absolute atomic E-state index is 5.17. The predicted molar refractivity (Wildman–Crippen MR) is 94.2 cm³/mol. The van der Waals surface area contributed by atoms with E-state index in [1.807, 2.05) is 19.2 Å². The van der Waals surface area contributed by atoms with Crippen LogP contribution in [0.25, 0.3) is 22.4 Å². The molecule has 1 fully saturated rings. The van der Waals surface area contributed by atoms with Crippen molar-refractivity contribution in [3.05, 3.63) is 35.8 Å². The van der Waals surface area contributed by atoms with Crippen LogP contribution in [-0.4, -0.2) is 27.0 Å². The molecule has 1 saturated carbocycles. The van der Waals surface area contributed by atoms with Crippen LogP contribution in [-0.2, 0) is 0 Å². The van der Waals surface area contributed by atoms with Gasteiger partial charge in [0.1, 0.15) is 5.52 Å². The molecule has 3 aromatic rings. The molecule has 3 aromatic heterocycles. The minimum atomic E-state index is 0.617. The Bertz CT molecular complexity index is 865. The van der Waals surface area contributed by atoms with Gasteiger partial charge in [0.15, 0.2) is 5.65 Å². The molecule has 0 aromatic carbocycles. The van der Waals surface area contributed by atoms with E-state index in [-0.39, 0.29) is 0 Å². The first-order valence-electron chi connectivity index (χ1n) is 8.61. The van der Waals surface area contributed by atoms with Crippen molar-refractivity contribution < 1.29 is 4.74 Å². The summed E-state index contributed by atoms with van der Waals surface area (Å²) in [7, 11) is 1.62. The Kier molecular flexibility index (Phi) is 3.92. The van der Waals surface area contributed by atoms with E-state index >= 15 is 0 Å². The average molecular weight is 322 g/mol. The van der Waals surface area contributed by atoms with Crippen molar-refractivity contribution in [3.63, 3.8) is 0 Å². The van der Waals surface area contributed by atoms with Gasteiger partial charge in [-0.2, -0.15) is 0 Å². The zero-order valence-corrected chi connectivity index (χ0v) is 14.2. The molecule has 24 heavy (non-hydrogen) atoms. The molecule has 0 atom stereocenters. The van der Waals surface area contributed by atoms with Crippen molar-refractivity contribution in [2.75, 3.05) is 7.11 Å². The topological polar surface area (TPSA) is 63.7 Å². The molecule has 4 rings (SSSR count). The van der Waals surface area contributed by atoms with Crippen molar-refractivity contribution in [3.8, 4) is 17.1 Å². The van der Waals surface area contributed by atoms with Gasteiger partial charge in [-0.3, -0.25) is 0 Å². The zero-order chi connectivity index (χ0) is 16.5. The van der Waals surface area contributed by atoms with Crippen LogP contribution in [0.15, 0.2) is 24.5 Å². The van der Waals surface area contributed by atoms with Gasteiger partial charge in [-0.15, -0.1) is 0 Å². The number of aromatic amines is 1. The Labute approximate surface area is 141 Å². The van der Waals surface area contributed by atoms with Crippen LogP contribution >= 0.6 is 0 Å². The molecule has 0 saturated heterocycles. The fourth-order valence-electron chi connectivity index (χ4n) is 3.59. The average Bonchev–Trinajstić information content (AvgIpc) is 3.05. The molecule has 3 heterocycles. The number of ether oxygens (including phenoxy) is 1. The lowest BCUT2D eigenvalue weighted by atomic mass is 9.87. The van der Waals surface area contributed by atoms with E-state index in [2.05, 4.69) is 21.0 Å². The van der Waals surface area contributed by atoms with Crippen LogP contribution in [0, 0.1) is 6.92 Å². The van der Waals surface area contributed by atoms with Gasteiger partial charge in [0.05, 0.1) is 19.0 Å². The summed E-state index contributed by atoms with van der Waals surface area (Å²) in [5.41, 5.74) is 6.02. The molecule has 0 aliphatic heterocycles. The lowest BCUT2D eigenvalue weighted by molar-refractivity contribution is 0.397. The van der Waals surface area contributed by atoms with E-state index in [1.54, 1.807) is 13.3 Å².